The number of benzene rings is 2. The van der Waals surface area contributed by atoms with Gasteiger partial charge in [-0.25, -0.2) is 9.78 Å². The van der Waals surface area contributed by atoms with E-state index in [4.69, 9.17) is 10.5 Å². The lowest BCUT2D eigenvalue weighted by Crippen LogP contribution is -2.16. The summed E-state index contributed by atoms with van der Waals surface area (Å²) in [5.74, 6) is 1.87. The number of hydrogen-bond acceptors (Lipinski definition) is 4. The third kappa shape index (κ3) is 4.19. The van der Waals surface area contributed by atoms with Gasteiger partial charge in [0, 0.05) is 12.0 Å². The van der Waals surface area contributed by atoms with Crippen LogP contribution >= 0.6 is 0 Å². The van der Waals surface area contributed by atoms with Gasteiger partial charge in [0.2, 0.25) is 0 Å². The molecule has 0 radical (unpaired) electrons. The summed E-state index contributed by atoms with van der Waals surface area (Å²) in [6.45, 7) is 0. The van der Waals surface area contributed by atoms with Crippen LogP contribution in [0.15, 0.2) is 54.6 Å². The molecule has 0 aliphatic carbocycles. The summed E-state index contributed by atoms with van der Waals surface area (Å²) in [5.41, 5.74) is 7.14. The maximum Gasteiger partial charge on any atom is 0.409 e. The highest BCUT2D eigenvalue weighted by atomic mass is 16.5. The molecule has 0 saturated carbocycles. The zero-order valence-electron chi connectivity index (χ0n) is 13.1. The number of aryl methyl sites for hydroxylation is 2. The van der Waals surface area contributed by atoms with E-state index in [1.165, 1.54) is 5.56 Å². The summed E-state index contributed by atoms with van der Waals surface area (Å²) < 4.78 is 4.80. The average Bonchev–Trinajstić information content (AvgIpc) is 3.05. The molecule has 24 heavy (non-hydrogen) atoms. The van der Waals surface area contributed by atoms with E-state index in [9.17, 15) is 4.79 Å². The Bertz CT molecular complexity index is 797. The molecular formula is C18H18N4O2. The van der Waals surface area contributed by atoms with Gasteiger partial charge in [0.15, 0.2) is 5.82 Å². The van der Waals surface area contributed by atoms with Crippen LogP contribution in [0.5, 0.6) is 5.75 Å². The highest BCUT2D eigenvalue weighted by Gasteiger charge is 2.07. The first-order valence-corrected chi connectivity index (χ1v) is 7.73. The number of aromatic nitrogens is 3. The first-order chi connectivity index (χ1) is 11.7. The van der Waals surface area contributed by atoms with Gasteiger partial charge in [-0.3, -0.25) is 5.10 Å². The number of rotatable bonds is 6. The van der Waals surface area contributed by atoms with Crippen LogP contribution in [0, 0.1) is 0 Å². The fourth-order valence-corrected chi connectivity index (χ4v) is 2.43. The third-order valence-corrected chi connectivity index (χ3v) is 3.58. The maximum absolute atomic E-state index is 10.7. The quantitative estimate of drug-likeness (QED) is 0.729. The lowest BCUT2D eigenvalue weighted by atomic mass is 10.1. The summed E-state index contributed by atoms with van der Waals surface area (Å²) >= 11 is 0. The van der Waals surface area contributed by atoms with E-state index in [1.807, 2.05) is 18.2 Å². The Labute approximate surface area is 139 Å². The Balaban J connectivity index is 1.57. The van der Waals surface area contributed by atoms with Gasteiger partial charge in [-0.2, -0.15) is 5.10 Å². The van der Waals surface area contributed by atoms with Crippen LogP contribution in [0.1, 0.15) is 17.8 Å². The standard InChI is InChI=1S/C18H18N4O2/c19-18(23)24-15-11-9-14(10-12-15)17-20-16(21-22-17)8-4-7-13-5-2-1-3-6-13/h1-3,5-6,9-12H,4,7-8H2,(H2,19,23)(H,20,21,22). The number of nitrogens with one attached hydrogen (secondary N) is 1. The highest BCUT2D eigenvalue weighted by Crippen LogP contribution is 2.19. The Morgan fingerprint density at radius 1 is 1.04 bits per heavy atom. The van der Waals surface area contributed by atoms with E-state index in [-0.39, 0.29) is 0 Å². The summed E-state index contributed by atoms with van der Waals surface area (Å²) in [7, 11) is 0. The zero-order valence-corrected chi connectivity index (χ0v) is 13.1. The Morgan fingerprint density at radius 2 is 1.79 bits per heavy atom. The normalized spacial score (nSPS) is 10.5. The number of nitrogens with two attached hydrogens (primary N) is 1. The van der Waals surface area contributed by atoms with Gasteiger partial charge in [0.05, 0.1) is 0 Å². The minimum atomic E-state index is -0.832. The van der Waals surface area contributed by atoms with E-state index in [0.717, 1.165) is 30.7 Å². The zero-order chi connectivity index (χ0) is 16.8. The van der Waals surface area contributed by atoms with Crippen molar-refractivity contribution >= 4 is 6.09 Å². The van der Waals surface area contributed by atoms with Crippen LogP contribution in [0.25, 0.3) is 11.4 Å². The van der Waals surface area contributed by atoms with Crippen LogP contribution in [0.4, 0.5) is 4.79 Å². The van der Waals surface area contributed by atoms with E-state index in [2.05, 4.69) is 27.3 Å². The molecule has 0 atom stereocenters. The molecule has 3 aromatic rings. The predicted octanol–water partition coefficient (Wildman–Crippen LogP) is 3.10. The molecule has 0 spiro atoms. The Morgan fingerprint density at radius 3 is 2.50 bits per heavy atom. The molecule has 3 rings (SSSR count). The molecule has 0 aliphatic heterocycles. The van der Waals surface area contributed by atoms with E-state index >= 15 is 0 Å². The van der Waals surface area contributed by atoms with Crippen molar-refractivity contribution in [3.8, 4) is 17.1 Å². The summed E-state index contributed by atoms with van der Waals surface area (Å²) in [4.78, 5) is 15.2. The number of aromatic amines is 1. The maximum atomic E-state index is 10.7. The van der Waals surface area contributed by atoms with E-state index in [0.29, 0.717) is 11.6 Å². The highest BCUT2D eigenvalue weighted by molar-refractivity contribution is 5.68. The Kier molecular flexibility index (Phi) is 4.86. The smallest absolute Gasteiger partial charge is 0.409 e. The van der Waals surface area contributed by atoms with Gasteiger partial charge in [-0.1, -0.05) is 30.3 Å². The Hall–Kier alpha value is -3.15. The molecule has 0 aliphatic rings. The SMILES string of the molecule is NC(=O)Oc1ccc(-c2n[nH]c(CCCc3ccccc3)n2)cc1. The molecule has 0 bridgehead atoms. The molecule has 0 fully saturated rings. The van der Waals surface area contributed by atoms with Crippen molar-refractivity contribution in [1.29, 1.82) is 0 Å². The topological polar surface area (TPSA) is 93.9 Å². The molecule has 6 nitrogen and oxygen atoms in total. The van der Waals surface area contributed by atoms with E-state index < -0.39 is 6.09 Å². The second kappa shape index (κ2) is 7.41. The fraction of sp³-hybridized carbons (Fsp3) is 0.167. The second-order valence-corrected chi connectivity index (χ2v) is 5.39. The lowest BCUT2D eigenvalue weighted by molar-refractivity contribution is 0.211. The first kappa shape index (κ1) is 15.7. The number of primary amides is 1. The van der Waals surface area contributed by atoms with Crippen LogP contribution in [-0.2, 0) is 12.8 Å². The minimum absolute atomic E-state index is 0.393. The van der Waals surface area contributed by atoms with Crippen LogP contribution in [0.2, 0.25) is 0 Å². The minimum Gasteiger partial charge on any atom is -0.411 e. The van der Waals surface area contributed by atoms with Crippen molar-refractivity contribution in [1.82, 2.24) is 15.2 Å². The van der Waals surface area contributed by atoms with Gasteiger partial charge in [0.1, 0.15) is 11.6 Å². The number of H-pyrrole nitrogens is 1. The van der Waals surface area contributed by atoms with Crippen LogP contribution in [0.3, 0.4) is 0 Å². The number of amides is 1. The molecule has 6 heteroatoms. The number of ether oxygens (including phenoxy) is 1. The van der Waals surface area contributed by atoms with Crippen LogP contribution in [-0.4, -0.2) is 21.3 Å². The van der Waals surface area contributed by atoms with Crippen LogP contribution < -0.4 is 10.5 Å². The van der Waals surface area contributed by atoms with Gasteiger partial charge in [0.25, 0.3) is 0 Å². The number of hydrogen-bond donors (Lipinski definition) is 2. The second-order valence-electron chi connectivity index (χ2n) is 5.39. The number of carbonyl (C=O) groups is 1. The van der Waals surface area contributed by atoms with Crippen molar-refractivity contribution < 1.29 is 9.53 Å². The molecule has 2 aromatic carbocycles. The molecule has 0 saturated heterocycles. The predicted molar refractivity (Wildman–Crippen MR) is 90.5 cm³/mol. The fourth-order valence-electron chi connectivity index (χ4n) is 2.43. The molecular weight excluding hydrogens is 304 g/mol. The van der Waals surface area contributed by atoms with E-state index in [1.54, 1.807) is 24.3 Å². The van der Waals surface area contributed by atoms with Gasteiger partial charge in [-0.15, -0.1) is 0 Å². The monoisotopic (exact) mass is 322 g/mol. The number of nitrogens with zero attached hydrogens (tertiary/aromatic N) is 2. The summed E-state index contributed by atoms with van der Waals surface area (Å²) in [5, 5.41) is 7.21. The molecule has 1 amide bonds. The summed E-state index contributed by atoms with van der Waals surface area (Å²) in [6, 6.07) is 17.3. The first-order valence-electron chi connectivity index (χ1n) is 7.73. The van der Waals surface area contributed by atoms with Crippen molar-refractivity contribution in [3.05, 3.63) is 66.0 Å². The van der Waals surface area contributed by atoms with Crippen molar-refractivity contribution in [2.75, 3.05) is 0 Å². The van der Waals surface area contributed by atoms with Gasteiger partial charge < -0.3 is 10.5 Å². The average molecular weight is 322 g/mol. The summed E-state index contributed by atoms with van der Waals surface area (Å²) in [6.07, 6.45) is 2.02. The molecule has 122 valence electrons. The molecule has 1 aromatic heterocycles. The largest absolute Gasteiger partial charge is 0.411 e. The molecule has 0 unspecified atom stereocenters. The van der Waals surface area contributed by atoms with Gasteiger partial charge >= 0.3 is 6.09 Å². The number of carbonyl (C=O) groups excluding carboxylic acids is 1. The molecule has 1 heterocycles. The molecule has 3 N–H and O–H groups in total. The van der Waals surface area contributed by atoms with Crippen molar-refractivity contribution in [3.63, 3.8) is 0 Å². The van der Waals surface area contributed by atoms with Crippen molar-refractivity contribution in [2.45, 2.75) is 19.3 Å². The van der Waals surface area contributed by atoms with Crippen molar-refractivity contribution in [2.24, 2.45) is 5.73 Å². The third-order valence-electron chi connectivity index (χ3n) is 3.58. The lowest BCUT2D eigenvalue weighted by Gasteiger charge is -2.01. The van der Waals surface area contributed by atoms with Gasteiger partial charge in [-0.05, 0) is 42.7 Å².